The standard InChI is InChI=1S/4ClH.5H2O.2Zn/h4*1H;5*1H2;;/q;;;;;;;;;2*+2/p-4. The molecule has 0 aliphatic heterocycles. The summed E-state index contributed by atoms with van der Waals surface area (Å²) in [6.45, 7) is 0. The fraction of sp³-hybridized carbons (Fsp3) is 0. The summed E-state index contributed by atoms with van der Waals surface area (Å²) in [4.78, 5) is 0. The van der Waals surface area contributed by atoms with Gasteiger partial charge in [-0.15, -0.1) is 0 Å². The van der Waals surface area contributed by atoms with Crippen molar-refractivity contribution in [2.24, 2.45) is 0 Å². The Bertz CT molecular complexity index is 18.4. The first kappa shape index (κ1) is 51.1. The molecule has 0 aliphatic carbocycles. The first-order chi connectivity index (χ1) is 2.83. The molecule has 0 aromatic heterocycles. The summed E-state index contributed by atoms with van der Waals surface area (Å²) >= 11 is -1.86. The molecule has 0 radical (unpaired) electrons. The van der Waals surface area contributed by atoms with Gasteiger partial charge in [-0.1, -0.05) is 0 Å². The van der Waals surface area contributed by atoms with Crippen molar-refractivity contribution in [3.8, 4) is 0 Å². The van der Waals surface area contributed by atoms with E-state index in [2.05, 4.69) is 0 Å². The normalized spacial score (nSPS) is 1.82. The Labute approximate surface area is 95.6 Å². The van der Waals surface area contributed by atoms with Gasteiger partial charge >= 0.3 is 69.1 Å². The molecule has 0 aromatic rings. The number of rotatable bonds is 0. The Morgan fingerprint density at radius 3 is 0.455 bits per heavy atom. The topological polar surface area (TPSA) is 158 Å². The van der Waals surface area contributed by atoms with E-state index in [9.17, 15) is 0 Å². The predicted molar refractivity (Wildman–Crippen MR) is 41.5 cm³/mol. The van der Waals surface area contributed by atoms with E-state index in [0.717, 1.165) is 0 Å². The average Bonchev–Trinajstić information content (AvgIpc) is 1.39. The van der Waals surface area contributed by atoms with Crippen LogP contribution in [0.1, 0.15) is 0 Å². The molecule has 0 saturated heterocycles. The van der Waals surface area contributed by atoms with Crippen molar-refractivity contribution < 1.29 is 57.7 Å². The van der Waals surface area contributed by atoms with Crippen LogP contribution in [0.25, 0.3) is 0 Å². The Morgan fingerprint density at radius 1 is 0.455 bits per heavy atom. The van der Waals surface area contributed by atoms with Crippen LogP contribution in [0, 0.1) is 0 Å². The van der Waals surface area contributed by atoms with Crippen LogP contribution in [0.3, 0.4) is 0 Å². The van der Waals surface area contributed by atoms with Crippen LogP contribution in [0.15, 0.2) is 0 Å². The molecule has 0 amide bonds. The van der Waals surface area contributed by atoms with Gasteiger partial charge in [0.05, 0.1) is 0 Å². The molecule has 0 spiro atoms. The molecule has 10 N–H and O–H groups in total. The van der Waals surface area contributed by atoms with E-state index in [-0.39, 0.29) is 27.4 Å². The van der Waals surface area contributed by atoms with Gasteiger partial charge in [0.1, 0.15) is 0 Å². The second-order valence-corrected chi connectivity index (χ2v) is 9.45. The summed E-state index contributed by atoms with van der Waals surface area (Å²) in [7, 11) is 19.8. The molecule has 0 unspecified atom stereocenters. The van der Waals surface area contributed by atoms with Crippen molar-refractivity contribution in [1.29, 1.82) is 0 Å². The van der Waals surface area contributed by atoms with Crippen LogP contribution in [0.4, 0.5) is 0 Å². The predicted octanol–water partition coefficient (Wildman–Crippen LogP) is -1.37. The Kier molecular flexibility index (Phi) is 402. The van der Waals surface area contributed by atoms with Crippen LogP contribution < -0.4 is 0 Å². The number of hydrogen-bond donors (Lipinski definition) is 0. The van der Waals surface area contributed by atoms with Gasteiger partial charge in [0.15, 0.2) is 0 Å². The Balaban J connectivity index is -0.00000000400. The van der Waals surface area contributed by atoms with Gasteiger partial charge in [-0.05, 0) is 0 Å². The number of halogens is 4. The molecule has 0 aromatic carbocycles. The van der Waals surface area contributed by atoms with E-state index in [1.807, 2.05) is 0 Å². The zero-order valence-electron chi connectivity index (χ0n) is 5.43. The van der Waals surface area contributed by atoms with Gasteiger partial charge in [-0.2, -0.15) is 0 Å². The summed E-state index contributed by atoms with van der Waals surface area (Å²) < 4.78 is 0. The van der Waals surface area contributed by atoms with Crippen molar-refractivity contribution >= 4 is 38.8 Å². The van der Waals surface area contributed by atoms with Crippen molar-refractivity contribution in [2.45, 2.75) is 0 Å². The van der Waals surface area contributed by atoms with Crippen LogP contribution in [-0.2, 0) is 30.3 Å². The third-order valence-corrected chi connectivity index (χ3v) is 0. The molecular weight excluding hydrogens is 353 g/mol. The quantitative estimate of drug-likeness (QED) is 0.466. The second-order valence-electron chi connectivity index (χ2n) is 0.202. The maximum absolute atomic E-state index is 4.95. The van der Waals surface area contributed by atoms with Gasteiger partial charge in [-0.25, -0.2) is 0 Å². The van der Waals surface area contributed by atoms with E-state index >= 15 is 0 Å². The minimum absolute atomic E-state index is 0. The van der Waals surface area contributed by atoms with Gasteiger partial charge in [-0.3, -0.25) is 0 Å². The van der Waals surface area contributed by atoms with Crippen LogP contribution >= 0.6 is 38.8 Å². The Morgan fingerprint density at radius 2 is 0.455 bits per heavy atom. The summed E-state index contributed by atoms with van der Waals surface area (Å²) in [6, 6.07) is 0. The molecule has 11 heteroatoms. The summed E-state index contributed by atoms with van der Waals surface area (Å²) in [5.41, 5.74) is 0. The van der Waals surface area contributed by atoms with E-state index in [4.69, 9.17) is 38.8 Å². The molecule has 0 aliphatic rings. The van der Waals surface area contributed by atoms with E-state index < -0.39 is 30.3 Å². The van der Waals surface area contributed by atoms with Gasteiger partial charge < -0.3 is 27.4 Å². The summed E-state index contributed by atoms with van der Waals surface area (Å²) in [6.07, 6.45) is 0. The molecule has 0 saturated carbocycles. The molecule has 5 nitrogen and oxygen atoms in total. The average molecular weight is 363 g/mol. The zero-order valence-corrected chi connectivity index (χ0v) is 14.4. The molecule has 0 atom stereocenters. The van der Waals surface area contributed by atoms with Crippen molar-refractivity contribution in [2.75, 3.05) is 0 Å². The Hall–Kier alpha value is 2.21. The third-order valence-electron chi connectivity index (χ3n) is 0. The van der Waals surface area contributed by atoms with Crippen LogP contribution in [-0.4, -0.2) is 27.4 Å². The molecule has 0 heterocycles. The van der Waals surface area contributed by atoms with Gasteiger partial charge in [0.2, 0.25) is 0 Å². The molecule has 72 valence electrons. The molecule has 0 fully saturated rings. The van der Waals surface area contributed by atoms with Crippen molar-refractivity contribution in [3.05, 3.63) is 0 Å². The second kappa shape index (κ2) is 86.6. The van der Waals surface area contributed by atoms with E-state index in [0.29, 0.717) is 0 Å². The number of hydrogen-bond acceptors (Lipinski definition) is 0. The maximum atomic E-state index is 4.95. The molecular formula is H10Cl4O5Zn2. The zero-order chi connectivity index (χ0) is 5.41. The van der Waals surface area contributed by atoms with Gasteiger partial charge in [0.25, 0.3) is 0 Å². The first-order valence-electron chi connectivity index (χ1n) is 1.07. The van der Waals surface area contributed by atoms with E-state index in [1.165, 1.54) is 0 Å². The van der Waals surface area contributed by atoms with Crippen LogP contribution in [0.2, 0.25) is 0 Å². The van der Waals surface area contributed by atoms with Crippen LogP contribution in [0.5, 0.6) is 0 Å². The van der Waals surface area contributed by atoms with Gasteiger partial charge in [0, 0.05) is 0 Å². The van der Waals surface area contributed by atoms with Crippen molar-refractivity contribution in [1.82, 2.24) is 0 Å². The molecule has 11 heavy (non-hydrogen) atoms. The summed E-state index contributed by atoms with van der Waals surface area (Å²) in [5, 5.41) is 0. The first-order valence-corrected chi connectivity index (χ1v) is 16.7. The summed E-state index contributed by atoms with van der Waals surface area (Å²) in [5.74, 6) is 0. The monoisotopic (exact) mass is 358 g/mol. The fourth-order valence-electron chi connectivity index (χ4n) is 0. The minimum atomic E-state index is -0.931. The van der Waals surface area contributed by atoms with E-state index in [1.54, 1.807) is 0 Å². The SMILES string of the molecule is O.O.O.O.O.[Cl][Zn][Cl].[Cl][Zn][Cl]. The third kappa shape index (κ3) is 261. The van der Waals surface area contributed by atoms with Crippen molar-refractivity contribution in [3.63, 3.8) is 0 Å². The molecule has 0 rings (SSSR count). The molecule has 0 bridgehead atoms. The fourth-order valence-corrected chi connectivity index (χ4v) is 0.